The van der Waals surface area contributed by atoms with Crippen molar-refractivity contribution in [2.45, 2.75) is 25.4 Å². The van der Waals surface area contributed by atoms with Crippen molar-refractivity contribution in [2.75, 3.05) is 0 Å². The van der Waals surface area contributed by atoms with E-state index in [4.69, 9.17) is 16.0 Å². The highest BCUT2D eigenvalue weighted by Crippen LogP contribution is 2.32. The number of halogens is 1. The number of rotatable bonds is 4. The molecule has 0 unspecified atom stereocenters. The molecule has 1 aliphatic carbocycles. The molecule has 1 aliphatic rings. The van der Waals surface area contributed by atoms with Gasteiger partial charge in [-0.3, -0.25) is 0 Å². The lowest BCUT2D eigenvalue weighted by molar-refractivity contribution is 0.571. The van der Waals surface area contributed by atoms with Gasteiger partial charge in [0, 0.05) is 12.6 Å². The molecule has 3 nitrogen and oxygen atoms in total. The normalized spacial score (nSPS) is 15.6. The van der Waals surface area contributed by atoms with Crippen molar-refractivity contribution < 1.29 is 4.42 Å². The Morgan fingerprint density at radius 3 is 3.12 bits per heavy atom. The summed E-state index contributed by atoms with van der Waals surface area (Å²) in [6.07, 6.45) is 4.25. The second-order valence-corrected chi connectivity index (χ2v) is 5.22. The van der Waals surface area contributed by atoms with Gasteiger partial charge >= 0.3 is 0 Å². The molecule has 0 saturated heterocycles. The number of nitrogens with zero attached hydrogens (tertiary/aromatic N) is 1. The van der Waals surface area contributed by atoms with Crippen LogP contribution in [0.4, 0.5) is 0 Å². The summed E-state index contributed by atoms with van der Waals surface area (Å²) in [4.78, 5) is 5.31. The van der Waals surface area contributed by atoms with Gasteiger partial charge in [0.05, 0.1) is 10.7 Å². The smallest absolute Gasteiger partial charge is 0.238 e. The Morgan fingerprint density at radius 2 is 2.44 bits per heavy atom. The number of hydrogen-bond acceptors (Lipinski definition) is 4. The maximum atomic E-state index is 6.02. The molecule has 0 aliphatic heterocycles. The van der Waals surface area contributed by atoms with Crippen LogP contribution >= 0.6 is 22.9 Å². The first kappa shape index (κ1) is 10.3. The third kappa shape index (κ3) is 2.14. The fourth-order valence-electron chi connectivity index (χ4n) is 1.48. The van der Waals surface area contributed by atoms with Crippen LogP contribution in [-0.2, 0) is 6.54 Å². The summed E-state index contributed by atoms with van der Waals surface area (Å²) in [5.41, 5.74) is 0.936. The second kappa shape index (κ2) is 4.20. The van der Waals surface area contributed by atoms with E-state index in [9.17, 15) is 0 Å². The summed E-state index contributed by atoms with van der Waals surface area (Å²) < 4.78 is 5.42. The Labute approximate surface area is 102 Å². The number of oxazole rings is 1. The Bertz CT molecular complexity index is 490. The second-order valence-electron chi connectivity index (χ2n) is 3.90. The largest absolute Gasteiger partial charge is 0.443 e. The fourth-order valence-corrected chi connectivity index (χ4v) is 2.54. The first-order valence-corrected chi connectivity index (χ1v) is 6.50. The lowest BCUT2D eigenvalue weighted by Gasteiger charge is -1.96. The molecule has 0 amide bonds. The summed E-state index contributed by atoms with van der Waals surface area (Å²) in [5.74, 6) is 0.618. The minimum Gasteiger partial charge on any atom is -0.443 e. The molecular formula is C11H11ClN2OS. The van der Waals surface area contributed by atoms with Crippen LogP contribution in [0.15, 0.2) is 22.1 Å². The number of thiophene rings is 1. The Kier molecular flexibility index (Phi) is 2.71. The third-order valence-corrected chi connectivity index (χ3v) is 3.84. The van der Waals surface area contributed by atoms with Gasteiger partial charge in [0.2, 0.25) is 5.89 Å². The molecule has 2 heterocycles. The molecule has 1 fully saturated rings. The van der Waals surface area contributed by atoms with Gasteiger partial charge in [0.25, 0.3) is 0 Å². The lowest BCUT2D eigenvalue weighted by atomic mass is 10.4. The highest BCUT2D eigenvalue weighted by molar-refractivity contribution is 7.14. The lowest BCUT2D eigenvalue weighted by Crippen LogP contribution is -2.15. The van der Waals surface area contributed by atoms with Gasteiger partial charge in [-0.1, -0.05) is 11.6 Å². The van der Waals surface area contributed by atoms with Crippen LogP contribution in [0.25, 0.3) is 10.8 Å². The molecule has 0 atom stereocenters. The van der Waals surface area contributed by atoms with Crippen molar-refractivity contribution in [3.8, 4) is 10.8 Å². The summed E-state index contributed by atoms with van der Waals surface area (Å²) in [5, 5.41) is 6.03. The zero-order valence-corrected chi connectivity index (χ0v) is 10.1. The van der Waals surface area contributed by atoms with Gasteiger partial charge in [-0.15, -0.1) is 11.3 Å². The van der Waals surface area contributed by atoms with Crippen molar-refractivity contribution in [2.24, 2.45) is 0 Å². The van der Waals surface area contributed by atoms with E-state index in [-0.39, 0.29) is 0 Å². The molecule has 16 heavy (non-hydrogen) atoms. The van der Waals surface area contributed by atoms with Gasteiger partial charge in [-0.05, 0) is 24.3 Å². The maximum Gasteiger partial charge on any atom is 0.238 e. The van der Waals surface area contributed by atoms with Crippen molar-refractivity contribution in [1.29, 1.82) is 0 Å². The van der Waals surface area contributed by atoms with E-state index >= 15 is 0 Å². The number of nitrogens with one attached hydrogen (secondary N) is 1. The van der Waals surface area contributed by atoms with E-state index in [1.807, 2.05) is 11.4 Å². The molecular weight excluding hydrogens is 244 g/mol. The molecule has 0 aromatic carbocycles. The van der Waals surface area contributed by atoms with E-state index < -0.39 is 0 Å². The Morgan fingerprint density at radius 1 is 1.56 bits per heavy atom. The van der Waals surface area contributed by atoms with Crippen molar-refractivity contribution in [3.63, 3.8) is 0 Å². The third-order valence-electron chi connectivity index (χ3n) is 2.51. The monoisotopic (exact) mass is 254 g/mol. The van der Waals surface area contributed by atoms with Crippen molar-refractivity contribution in [3.05, 3.63) is 28.4 Å². The van der Waals surface area contributed by atoms with Crippen LogP contribution in [0.2, 0.25) is 5.02 Å². The van der Waals surface area contributed by atoms with Crippen LogP contribution in [0, 0.1) is 0 Å². The number of hydrogen-bond donors (Lipinski definition) is 1. The molecule has 2 aromatic heterocycles. The molecule has 1 saturated carbocycles. The minimum absolute atomic E-state index is 0.618. The molecule has 0 spiro atoms. The predicted octanol–water partition coefficient (Wildman–Crippen LogP) is 3.31. The summed E-state index contributed by atoms with van der Waals surface area (Å²) in [7, 11) is 0. The minimum atomic E-state index is 0.618. The van der Waals surface area contributed by atoms with Crippen molar-refractivity contribution in [1.82, 2.24) is 10.3 Å². The summed E-state index contributed by atoms with van der Waals surface area (Å²) in [6.45, 7) is 0.775. The number of aromatic nitrogens is 1. The van der Waals surface area contributed by atoms with Gasteiger partial charge in [0.1, 0.15) is 11.1 Å². The quantitative estimate of drug-likeness (QED) is 0.910. The van der Waals surface area contributed by atoms with Crippen molar-refractivity contribution >= 4 is 22.9 Å². The van der Waals surface area contributed by atoms with Crippen LogP contribution in [0.5, 0.6) is 0 Å². The average molecular weight is 255 g/mol. The molecule has 0 bridgehead atoms. The highest BCUT2D eigenvalue weighted by Gasteiger charge is 2.20. The first-order chi connectivity index (χ1) is 7.83. The van der Waals surface area contributed by atoms with E-state index in [2.05, 4.69) is 10.3 Å². The van der Waals surface area contributed by atoms with E-state index in [1.165, 1.54) is 12.8 Å². The predicted molar refractivity (Wildman–Crippen MR) is 64.7 cm³/mol. The van der Waals surface area contributed by atoms with E-state index in [0.29, 0.717) is 17.0 Å². The van der Waals surface area contributed by atoms with Gasteiger partial charge in [-0.2, -0.15) is 0 Å². The Hall–Kier alpha value is -0.840. The fraction of sp³-hybridized carbons (Fsp3) is 0.364. The molecule has 1 N–H and O–H groups in total. The SMILES string of the molecule is Clc1ccsc1-c1nc(CNC2CC2)co1. The molecule has 5 heteroatoms. The standard InChI is InChI=1S/C11H11ClN2OS/c12-9-3-4-16-10(9)11-14-8(6-15-11)5-13-7-1-2-7/h3-4,6-7,13H,1-2,5H2. The summed E-state index contributed by atoms with van der Waals surface area (Å²) >= 11 is 7.56. The zero-order chi connectivity index (χ0) is 11.0. The topological polar surface area (TPSA) is 38.1 Å². The van der Waals surface area contributed by atoms with E-state index in [1.54, 1.807) is 17.6 Å². The van der Waals surface area contributed by atoms with E-state index in [0.717, 1.165) is 17.1 Å². The average Bonchev–Trinajstić information content (AvgIpc) is 2.82. The molecule has 84 valence electrons. The maximum absolute atomic E-state index is 6.02. The first-order valence-electron chi connectivity index (χ1n) is 5.24. The van der Waals surface area contributed by atoms with Gasteiger partial charge in [0.15, 0.2) is 0 Å². The van der Waals surface area contributed by atoms with Crippen LogP contribution in [0.3, 0.4) is 0 Å². The van der Waals surface area contributed by atoms with Crippen LogP contribution < -0.4 is 5.32 Å². The zero-order valence-electron chi connectivity index (χ0n) is 8.57. The van der Waals surface area contributed by atoms with Gasteiger partial charge < -0.3 is 9.73 Å². The molecule has 0 radical (unpaired) electrons. The summed E-state index contributed by atoms with van der Waals surface area (Å²) in [6, 6.07) is 2.54. The van der Waals surface area contributed by atoms with Gasteiger partial charge in [-0.25, -0.2) is 4.98 Å². The molecule has 3 rings (SSSR count). The van der Waals surface area contributed by atoms with Crippen LogP contribution in [-0.4, -0.2) is 11.0 Å². The highest BCUT2D eigenvalue weighted by atomic mass is 35.5. The van der Waals surface area contributed by atoms with Crippen LogP contribution in [0.1, 0.15) is 18.5 Å². The molecule has 2 aromatic rings. The Balaban J connectivity index is 1.74.